The van der Waals surface area contributed by atoms with Crippen LogP contribution in [0.2, 0.25) is 0 Å². The Morgan fingerprint density at radius 1 is 1.36 bits per heavy atom. The molecule has 0 aromatic heterocycles. The minimum absolute atomic E-state index is 0.381. The molecule has 0 aliphatic carbocycles. The van der Waals surface area contributed by atoms with Gasteiger partial charge in [0.25, 0.3) is 0 Å². The van der Waals surface area contributed by atoms with Gasteiger partial charge in [0.2, 0.25) is 0 Å². The number of rotatable bonds is 7. The van der Waals surface area contributed by atoms with E-state index in [0.29, 0.717) is 5.41 Å². The van der Waals surface area contributed by atoms with Gasteiger partial charge in [-0.3, -0.25) is 0 Å². The van der Waals surface area contributed by atoms with Gasteiger partial charge in [0, 0.05) is 0 Å². The SMILES string of the molecule is CCC/C=C(\C)C(C)(C)CCCNC. The predicted octanol–water partition coefficient (Wildman–Crippen LogP) is 3.76. The highest BCUT2D eigenvalue weighted by molar-refractivity contribution is 5.08. The lowest BCUT2D eigenvalue weighted by Gasteiger charge is -2.26. The van der Waals surface area contributed by atoms with Crippen molar-refractivity contribution in [3.05, 3.63) is 11.6 Å². The predicted molar refractivity (Wildman–Crippen MR) is 65.6 cm³/mol. The fourth-order valence-electron chi connectivity index (χ4n) is 1.54. The summed E-state index contributed by atoms with van der Waals surface area (Å²) in [6, 6.07) is 0. The lowest BCUT2D eigenvalue weighted by atomic mass is 9.80. The number of unbranched alkanes of at least 4 members (excludes halogenated alkanes) is 1. The molecule has 0 bridgehead atoms. The molecule has 0 heterocycles. The molecule has 14 heavy (non-hydrogen) atoms. The molecule has 84 valence electrons. The summed E-state index contributed by atoms with van der Waals surface area (Å²) < 4.78 is 0. The number of hydrogen-bond donors (Lipinski definition) is 1. The summed E-state index contributed by atoms with van der Waals surface area (Å²) in [7, 11) is 2.02. The average molecular weight is 197 g/mol. The maximum absolute atomic E-state index is 3.20. The first-order chi connectivity index (χ1) is 6.54. The zero-order valence-electron chi connectivity index (χ0n) is 10.6. The largest absolute Gasteiger partial charge is 0.320 e. The van der Waals surface area contributed by atoms with E-state index in [0.717, 1.165) is 6.54 Å². The van der Waals surface area contributed by atoms with Crippen molar-refractivity contribution in [1.29, 1.82) is 0 Å². The summed E-state index contributed by atoms with van der Waals surface area (Å²) in [6.45, 7) is 10.3. The van der Waals surface area contributed by atoms with E-state index < -0.39 is 0 Å². The summed E-state index contributed by atoms with van der Waals surface area (Å²) >= 11 is 0. The molecule has 0 aromatic rings. The molecule has 0 aliphatic rings. The number of nitrogens with one attached hydrogen (secondary N) is 1. The fraction of sp³-hybridized carbons (Fsp3) is 0.846. The molecule has 0 unspecified atom stereocenters. The molecule has 0 fully saturated rings. The van der Waals surface area contributed by atoms with Crippen LogP contribution in [-0.4, -0.2) is 13.6 Å². The third-order valence-electron chi connectivity index (χ3n) is 3.04. The molecular formula is C13H27N. The van der Waals surface area contributed by atoms with Crippen LogP contribution in [0.4, 0.5) is 0 Å². The first-order valence-electron chi connectivity index (χ1n) is 5.86. The third kappa shape index (κ3) is 5.43. The van der Waals surface area contributed by atoms with Gasteiger partial charge < -0.3 is 5.32 Å². The summed E-state index contributed by atoms with van der Waals surface area (Å²) in [5.74, 6) is 0. The van der Waals surface area contributed by atoms with Gasteiger partial charge in [-0.25, -0.2) is 0 Å². The Hall–Kier alpha value is -0.300. The van der Waals surface area contributed by atoms with E-state index in [4.69, 9.17) is 0 Å². The first-order valence-corrected chi connectivity index (χ1v) is 5.86. The Bertz CT molecular complexity index is 168. The third-order valence-corrected chi connectivity index (χ3v) is 3.04. The van der Waals surface area contributed by atoms with Crippen LogP contribution in [0, 0.1) is 5.41 Å². The van der Waals surface area contributed by atoms with E-state index in [9.17, 15) is 0 Å². The van der Waals surface area contributed by atoms with Crippen molar-refractivity contribution in [2.75, 3.05) is 13.6 Å². The Labute approximate surface area is 90.0 Å². The van der Waals surface area contributed by atoms with Crippen LogP contribution in [0.15, 0.2) is 11.6 Å². The maximum atomic E-state index is 3.20. The molecule has 0 aromatic carbocycles. The zero-order chi connectivity index (χ0) is 11.0. The van der Waals surface area contributed by atoms with Gasteiger partial charge in [0.1, 0.15) is 0 Å². The highest BCUT2D eigenvalue weighted by Gasteiger charge is 2.18. The van der Waals surface area contributed by atoms with Gasteiger partial charge in [-0.2, -0.15) is 0 Å². The molecule has 1 N–H and O–H groups in total. The van der Waals surface area contributed by atoms with Crippen molar-refractivity contribution in [3.63, 3.8) is 0 Å². The molecule has 0 amide bonds. The molecule has 0 aliphatic heterocycles. The van der Waals surface area contributed by atoms with Crippen LogP contribution in [0.5, 0.6) is 0 Å². The van der Waals surface area contributed by atoms with Crippen LogP contribution in [0.1, 0.15) is 53.4 Å². The quantitative estimate of drug-likeness (QED) is 0.484. The van der Waals surface area contributed by atoms with Crippen LogP contribution in [0.3, 0.4) is 0 Å². The van der Waals surface area contributed by atoms with E-state index in [1.54, 1.807) is 5.57 Å². The molecular weight excluding hydrogens is 170 g/mol. The Morgan fingerprint density at radius 2 is 2.00 bits per heavy atom. The first kappa shape index (κ1) is 13.7. The van der Waals surface area contributed by atoms with E-state index in [1.165, 1.54) is 25.7 Å². The summed E-state index contributed by atoms with van der Waals surface area (Å²) in [5.41, 5.74) is 1.93. The molecule has 1 nitrogen and oxygen atoms in total. The van der Waals surface area contributed by atoms with E-state index in [1.807, 2.05) is 7.05 Å². The van der Waals surface area contributed by atoms with Gasteiger partial charge in [-0.1, -0.05) is 38.8 Å². The second kappa shape index (κ2) is 7.05. The van der Waals surface area contributed by atoms with E-state index in [2.05, 4.69) is 39.1 Å². The van der Waals surface area contributed by atoms with Crippen molar-refractivity contribution >= 4 is 0 Å². The lowest BCUT2D eigenvalue weighted by Crippen LogP contribution is -2.16. The van der Waals surface area contributed by atoms with Crippen LogP contribution >= 0.6 is 0 Å². The molecule has 0 atom stereocenters. The van der Waals surface area contributed by atoms with Crippen LogP contribution in [0.25, 0.3) is 0 Å². The summed E-state index contributed by atoms with van der Waals surface area (Å²) in [4.78, 5) is 0. The lowest BCUT2D eigenvalue weighted by molar-refractivity contribution is 0.390. The van der Waals surface area contributed by atoms with Crippen molar-refractivity contribution in [2.45, 2.75) is 53.4 Å². The number of allylic oxidation sites excluding steroid dienone is 2. The summed E-state index contributed by atoms with van der Waals surface area (Å²) in [5, 5.41) is 3.20. The summed E-state index contributed by atoms with van der Waals surface area (Å²) in [6.07, 6.45) is 7.42. The van der Waals surface area contributed by atoms with Gasteiger partial charge in [0.15, 0.2) is 0 Å². The fourth-order valence-corrected chi connectivity index (χ4v) is 1.54. The Kier molecular flexibility index (Phi) is 6.90. The highest BCUT2D eigenvalue weighted by atomic mass is 14.8. The van der Waals surface area contributed by atoms with Crippen molar-refractivity contribution in [2.24, 2.45) is 5.41 Å². The second-order valence-corrected chi connectivity index (χ2v) is 4.77. The van der Waals surface area contributed by atoms with Crippen LogP contribution in [-0.2, 0) is 0 Å². The molecule has 0 saturated heterocycles. The molecule has 0 spiro atoms. The van der Waals surface area contributed by atoms with E-state index >= 15 is 0 Å². The smallest absolute Gasteiger partial charge is 0.00516 e. The van der Waals surface area contributed by atoms with Gasteiger partial charge in [-0.15, -0.1) is 0 Å². The monoisotopic (exact) mass is 197 g/mol. The van der Waals surface area contributed by atoms with Gasteiger partial charge >= 0.3 is 0 Å². The van der Waals surface area contributed by atoms with Crippen LogP contribution < -0.4 is 5.32 Å². The van der Waals surface area contributed by atoms with Crippen molar-refractivity contribution in [1.82, 2.24) is 5.32 Å². The Morgan fingerprint density at radius 3 is 2.50 bits per heavy atom. The minimum Gasteiger partial charge on any atom is -0.320 e. The molecule has 1 heteroatoms. The van der Waals surface area contributed by atoms with Gasteiger partial charge in [0.05, 0.1) is 0 Å². The van der Waals surface area contributed by atoms with Crippen molar-refractivity contribution in [3.8, 4) is 0 Å². The van der Waals surface area contributed by atoms with Crippen molar-refractivity contribution < 1.29 is 0 Å². The Balaban J connectivity index is 4.01. The molecule has 0 rings (SSSR count). The molecule has 0 radical (unpaired) electrons. The van der Waals surface area contributed by atoms with E-state index in [-0.39, 0.29) is 0 Å². The zero-order valence-corrected chi connectivity index (χ0v) is 10.6. The van der Waals surface area contributed by atoms with Gasteiger partial charge in [-0.05, 0) is 45.2 Å². The highest BCUT2D eigenvalue weighted by Crippen LogP contribution is 2.31. The maximum Gasteiger partial charge on any atom is -0.00516 e. The molecule has 0 saturated carbocycles. The topological polar surface area (TPSA) is 12.0 Å². The standard InChI is InChI=1S/C13H27N/c1-6-7-9-12(2)13(3,4)10-8-11-14-5/h9,14H,6-8,10-11H2,1-5H3/b12-9+. The second-order valence-electron chi connectivity index (χ2n) is 4.77. The average Bonchev–Trinajstić information content (AvgIpc) is 2.14. The minimum atomic E-state index is 0.381. The number of hydrogen-bond acceptors (Lipinski definition) is 1. The normalized spacial score (nSPS) is 13.4.